The van der Waals surface area contributed by atoms with E-state index in [1.807, 2.05) is 38.1 Å². The van der Waals surface area contributed by atoms with Crippen LogP contribution in [0.3, 0.4) is 0 Å². The number of fused-ring (bicyclic) bond motifs is 1. The van der Waals surface area contributed by atoms with Gasteiger partial charge in [0.1, 0.15) is 12.2 Å². The van der Waals surface area contributed by atoms with Crippen LogP contribution in [0, 0.1) is 13.8 Å². The summed E-state index contributed by atoms with van der Waals surface area (Å²) in [4.78, 5) is 43.4. The molecule has 0 bridgehead atoms. The van der Waals surface area contributed by atoms with E-state index in [2.05, 4.69) is 26.2 Å². The molecule has 4 rings (SSSR count). The van der Waals surface area contributed by atoms with Gasteiger partial charge >= 0.3 is 0 Å². The van der Waals surface area contributed by atoms with Crippen molar-refractivity contribution in [1.82, 2.24) is 9.55 Å². The van der Waals surface area contributed by atoms with Gasteiger partial charge < -0.3 is 9.88 Å². The molecule has 0 aliphatic rings. The lowest BCUT2D eigenvalue weighted by Crippen LogP contribution is -2.25. The highest BCUT2D eigenvalue weighted by atomic mass is 79.9. The first kappa shape index (κ1) is 21.6. The van der Waals surface area contributed by atoms with Crippen LogP contribution in [-0.2, 0) is 11.3 Å². The van der Waals surface area contributed by atoms with Gasteiger partial charge in [0.2, 0.25) is 11.3 Å². The minimum Gasteiger partial charge on any atom is -0.325 e. The standard InChI is InChI=1S/C25H20BrN3O3/c1-15-3-10-19(11-4-15)28-22(30)14-29-13-21(23(31)17-6-8-18(26)9-7-17)24(32)20-12-5-16(2)27-25(20)29/h3-13H,14H2,1-2H3,(H,28,30). The molecule has 7 heteroatoms. The van der Waals surface area contributed by atoms with Gasteiger partial charge in [0.05, 0.1) is 10.9 Å². The van der Waals surface area contributed by atoms with E-state index in [0.717, 1.165) is 10.0 Å². The molecule has 6 nitrogen and oxygen atoms in total. The number of amides is 1. The third-order valence-electron chi connectivity index (χ3n) is 5.06. The molecule has 2 heterocycles. The Balaban J connectivity index is 1.75. The predicted octanol–water partition coefficient (Wildman–Crippen LogP) is 4.65. The highest BCUT2D eigenvalue weighted by molar-refractivity contribution is 9.10. The summed E-state index contributed by atoms with van der Waals surface area (Å²) >= 11 is 3.34. The second kappa shape index (κ2) is 8.88. The van der Waals surface area contributed by atoms with Gasteiger partial charge in [-0.2, -0.15) is 0 Å². The summed E-state index contributed by atoms with van der Waals surface area (Å²) in [6.07, 6.45) is 1.43. The topological polar surface area (TPSA) is 81.1 Å². The Morgan fingerprint density at radius 2 is 1.66 bits per heavy atom. The molecule has 2 aromatic carbocycles. The first-order chi connectivity index (χ1) is 15.3. The fourth-order valence-corrected chi connectivity index (χ4v) is 3.66. The quantitative estimate of drug-likeness (QED) is 0.413. The summed E-state index contributed by atoms with van der Waals surface area (Å²) in [5.74, 6) is -0.693. The number of hydrogen-bond donors (Lipinski definition) is 1. The highest BCUT2D eigenvalue weighted by Gasteiger charge is 2.19. The van der Waals surface area contributed by atoms with Crippen LogP contribution in [-0.4, -0.2) is 21.2 Å². The number of halogens is 1. The van der Waals surface area contributed by atoms with Crippen LogP contribution in [0.25, 0.3) is 11.0 Å². The Labute approximate surface area is 193 Å². The molecule has 32 heavy (non-hydrogen) atoms. The smallest absolute Gasteiger partial charge is 0.244 e. The Bertz CT molecular complexity index is 1390. The molecule has 0 aliphatic carbocycles. The number of carbonyl (C=O) groups excluding carboxylic acids is 2. The molecule has 0 aliphatic heterocycles. The van der Waals surface area contributed by atoms with Gasteiger partial charge in [-0.15, -0.1) is 0 Å². The SMILES string of the molecule is Cc1ccc(NC(=O)Cn2cc(C(=O)c3ccc(Br)cc3)c(=O)c3ccc(C)nc32)cc1. The number of ketones is 1. The van der Waals surface area contributed by atoms with Crippen molar-refractivity contribution in [3.05, 3.63) is 104 Å². The van der Waals surface area contributed by atoms with Crippen molar-refractivity contribution in [3.8, 4) is 0 Å². The molecule has 160 valence electrons. The largest absolute Gasteiger partial charge is 0.325 e. The van der Waals surface area contributed by atoms with E-state index < -0.39 is 11.2 Å². The van der Waals surface area contributed by atoms with Gasteiger partial charge in [-0.1, -0.05) is 33.6 Å². The van der Waals surface area contributed by atoms with Crippen LogP contribution in [0.2, 0.25) is 0 Å². The summed E-state index contributed by atoms with van der Waals surface area (Å²) in [5.41, 5.74) is 2.80. The molecule has 2 aromatic heterocycles. The number of anilines is 1. The number of rotatable bonds is 5. The molecule has 0 spiro atoms. The lowest BCUT2D eigenvalue weighted by atomic mass is 10.0. The third-order valence-corrected chi connectivity index (χ3v) is 5.59. The summed E-state index contributed by atoms with van der Waals surface area (Å²) < 4.78 is 2.39. The van der Waals surface area contributed by atoms with E-state index in [0.29, 0.717) is 28.0 Å². The fraction of sp³-hybridized carbons (Fsp3) is 0.120. The molecule has 0 unspecified atom stereocenters. The number of pyridine rings is 2. The molecule has 4 aromatic rings. The zero-order valence-corrected chi connectivity index (χ0v) is 19.1. The summed E-state index contributed by atoms with van der Waals surface area (Å²) in [6.45, 7) is 3.68. The lowest BCUT2D eigenvalue weighted by Gasteiger charge is -2.13. The summed E-state index contributed by atoms with van der Waals surface area (Å²) in [6, 6.07) is 17.6. The van der Waals surface area contributed by atoms with E-state index >= 15 is 0 Å². The van der Waals surface area contributed by atoms with Crippen molar-refractivity contribution >= 4 is 44.3 Å². The predicted molar refractivity (Wildman–Crippen MR) is 128 cm³/mol. The monoisotopic (exact) mass is 489 g/mol. The summed E-state index contributed by atoms with van der Waals surface area (Å²) in [7, 11) is 0. The van der Waals surface area contributed by atoms with Crippen LogP contribution in [0.5, 0.6) is 0 Å². The van der Waals surface area contributed by atoms with Crippen molar-refractivity contribution < 1.29 is 9.59 Å². The molecular formula is C25H20BrN3O3. The second-order valence-electron chi connectivity index (χ2n) is 7.57. The number of nitrogens with one attached hydrogen (secondary N) is 1. The van der Waals surface area contributed by atoms with Gasteiger partial charge in [0.25, 0.3) is 0 Å². The van der Waals surface area contributed by atoms with E-state index in [4.69, 9.17) is 0 Å². The molecule has 0 fully saturated rings. The number of hydrogen-bond acceptors (Lipinski definition) is 4. The maximum absolute atomic E-state index is 13.1. The zero-order chi connectivity index (χ0) is 22.8. The van der Waals surface area contributed by atoms with Crippen LogP contribution in [0.15, 0.2) is 76.1 Å². The third kappa shape index (κ3) is 4.53. The van der Waals surface area contributed by atoms with E-state index in [1.54, 1.807) is 41.0 Å². The van der Waals surface area contributed by atoms with E-state index in [1.165, 1.54) is 6.20 Å². The molecule has 0 atom stereocenters. The molecule has 0 saturated heterocycles. The van der Waals surface area contributed by atoms with Gasteiger partial charge in [-0.3, -0.25) is 14.4 Å². The second-order valence-corrected chi connectivity index (χ2v) is 8.49. The number of aryl methyl sites for hydroxylation is 2. The van der Waals surface area contributed by atoms with Crippen LogP contribution in [0.4, 0.5) is 5.69 Å². The Morgan fingerprint density at radius 3 is 2.34 bits per heavy atom. The van der Waals surface area contributed by atoms with Crippen molar-refractivity contribution in [3.63, 3.8) is 0 Å². The number of carbonyl (C=O) groups is 2. The number of aromatic nitrogens is 2. The fourth-order valence-electron chi connectivity index (χ4n) is 3.39. The molecular weight excluding hydrogens is 470 g/mol. The first-order valence-corrected chi connectivity index (χ1v) is 10.8. The van der Waals surface area contributed by atoms with Crippen LogP contribution >= 0.6 is 15.9 Å². The first-order valence-electron chi connectivity index (χ1n) is 9.99. The highest BCUT2D eigenvalue weighted by Crippen LogP contribution is 2.17. The normalized spacial score (nSPS) is 10.8. The molecule has 1 amide bonds. The van der Waals surface area contributed by atoms with E-state index in [-0.39, 0.29) is 18.0 Å². The van der Waals surface area contributed by atoms with Crippen molar-refractivity contribution in [2.24, 2.45) is 0 Å². The van der Waals surface area contributed by atoms with Gasteiger partial charge in [-0.05, 0) is 62.4 Å². The van der Waals surface area contributed by atoms with Crippen molar-refractivity contribution in [2.75, 3.05) is 5.32 Å². The zero-order valence-electron chi connectivity index (χ0n) is 17.6. The molecule has 1 N–H and O–H groups in total. The maximum Gasteiger partial charge on any atom is 0.244 e. The Kier molecular flexibility index (Phi) is 6.01. The average molecular weight is 490 g/mol. The maximum atomic E-state index is 13.1. The van der Waals surface area contributed by atoms with Crippen molar-refractivity contribution in [2.45, 2.75) is 20.4 Å². The molecule has 0 radical (unpaired) electrons. The Morgan fingerprint density at radius 1 is 0.969 bits per heavy atom. The van der Waals surface area contributed by atoms with Crippen molar-refractivity contribution in [1.29, 1.82) is 0 Å². The minimum atomic E-state index is -0.407. The average Bonchev–Trinajstić information content (AvgIpc) is 2.77. The summed E-state index contributed by atoms with van der Waals surface area (Å²) in [5, 5.41) is 3.14. The number of nitrogens with zero attached hydrogens (tertiary/aromatic N) is 2. The van der Waals surface area contributed by atoms with Gasteiger partial charge in [0.15, 0.2) is 5.78 Å². The Hall–Kier alpha value is -3.58. The lowest BCUT2D eigenvalue weighted by molar-refractivity contribution is -0.116. The van der Waals surface area contributed by atoms with Crippen LogP contribution < -0.4 is 10.7 Å². The number of benzene rings is 2. The van der Waals surface area contributed by atoms with Gasteiger partial charge in [-0.25, -0.2) is 4.98 Å². The minimum absolute atomic E-state index is 0.00592. The van der Waals surface area contributed by atoms with Crippen LogP contribution in [0.1, 0.15) is 27.2 Å². The molecule has 0 saturated carbocycles. The van der Waals surface area contributed by atoms with Gasteiger partial charge in [0, 0.05) is 27.6 Å². The van der Waals surface area contributed by atoms with E-state index in [9.17, 15) is 14.4 Å².